The zero-order valence-electron chi connectivity index (χ0n) is 21.5. The number of halogens is 1. The number of aromatic amines is 1. The first kappa shape index (κ1) is 24.6. The number of Topliss-reactive ketones (excluding diaryl/α,β-unsaturated/α-hetero) is 1. The molecule has 3 aromatic rings. The van der Waals surface area contributed by atoms with Gasteiger partial charge in [0.15, 0.2) is 5.78 Å². The summed E-state index contributed by atoms with van der Waals surface area (Å²) in [4.78, 5) is 35.3. The number of ketones is 1. The van der Waals surface area contributed by atoms with Crippen LogP contribution in [0.25, 0.3) is 21.5 Å². The summed E-state index contributed by atoms with van der Waals surface area (Å²) < 4.78 is 0. The second-order valence-corrected chi connectivity index (χ2v) is 13.1. The van der Waals surface area contributed by atoms with Crippen LogP contribution in [0.4, 0.5) is 0 Å². The fraction of sp³-hybridized carbons (Fsp3) is 0.517. The number of hydrogen-bond acceptors (Lipinski definition) is 3. The zero-order valence-corrected chi connectivity index (χ0v) is 23.1. The van der Waals surface area contributed by atoms with Crippen LogP contribution in [0.5, 0.6) is 0 Å². The van der Waals surface area contributed by atoms with Crippen molar-refractivity contribution < 1.29 is 9.59 Å². The Bertz CT molecular complexity index is 1290. The van der Waals surface area contributed by atoms with Crippen molar-refractivity contribution >= 4 is 44.8 Å². The van der Waals surface area contributed by atoms with E-state index in [0.717, 1.165) is 63.2 Å². The van der Waals surface area contributed by atoms with Crippen LogP contribution in [0.15, 0.2) is 24.3 Å². The van der Waals surface area contributed by atoms with Crippen molar-refractivity contribution in [3.63, 3.8) is 0 Å². The molecule has 4 heterocycles. The molecule has 6 heteroatoms. The topological polar surface area (TPSA) is 53.2 Å². The van der Waals surface area contributed by atoms with E-state index >= 15 is 0 Å². The molecule has 1 amide bonds. The molecule has 2 aromatic heterocycles. The first-order valence-electron chi connectivity index (χ1n) is 12.6. The normalized spacial score (nSPS) is 20.3. The third-order valence-corrected chi connectivity index (χ3v) is 10.1. The minimum Gasteiger partial charge on any atom is -0.346 e. The van der Waals surface area contributed by atoms with Crippen LogP contribution in [0.2, 0.25) is 0 Å². The highest BCUT2D eigenvalue weighted by Gasteiger charge is 2.47. The van der Waals surface area contributed by atoms with Crippen LogP contribution in [0.3, 0.4) is 0 Å². The molecule has 35 heavy (non-hydrogen) atoms. The number of carbonyl (C=O) groups is 2. The minimum atomic E-state index is -0.702. The van der Waals surface area contributed by atoms with Gasteiger partial charge in [0, 0.05) is 33.6 Å². The van der Waals surface area contributed by atoms with E-state index < -0.39 is 10.8 Å². The minimum absolute atomic E-state index is 0.0268. The third kappa shape index (κ3) is 3.95. The lowest BCUT2D eigenvalue weighted by Gasteiger charge is -2.31. The highest BCUT2D eigenvalue weighted by atomic mass is 35.5. The lowest BCUT2D eigenvalue weighted by atomic mass is 9.83. The van der Waals surface area contributed by atoms with E-state index in [1.807, 2.05) is 27.7 Å². The summed E-state index contributed by atoms with van der Waals surface area (Å²) in [7, 11) is 0. The molecule has 0 spiro atoms. The first-order chi connectivity index (χ1) is 16.4. The number of benzene rings is 1. The van der Waals surface area contributed by atoms with Gasteiger partial charge < -0.3 is 9.88 Å². The quantitative estimate of drug-likeness (QED) is 0.277. The van der Waals surface area contributed by atoms with Crippen molar-refractivity contribution in [3.05, 3.63) is 45.8 Å². The Hall–Kier alpha value is -2.11. The van der Waals surface area contributed by atoms with Gasteiger partial charge >= 0.3 is 0 Å². The molecule has 5 rings (SSSR count). The number of nitrogens with zero attached hydrogens (tertiary/aromatic N) is 1. The molecule has 2 aliphatic rings. The molecule has 0 unspecified atom stereocenters. The van der Waals surface area contributed by atoms with Gasteiger partial charge in [-0.1, -0.05) is 31.0 Å². The average Bonchev–Trinajstić information content (AvgIpc) is 3.56. The van der Waals surface area contributed by atoms with Crippen molar-refractivity contribution in [2.75, 3.05) is 5.88 Å². The van der Waals surface area contributed by atoms with Gasteiger partial charge in [0.2, 0.25) is 5.91 Å². The number of thiophene rings is 1. The van der Waals surface area contributed by atoms with Crippen molar-refractivity contribution in [3.8, 4) is 11.3 Å². The average molecular weight is 511 g/mol. The maximum atomic E-state index is 13.9. The van der Waals surface area contributed by atoms with E-state index in [2.05, 4.69) is 48.0 Å². The summed E-state index contributed by atoms with van der Waals surface area (Å²) in [6.07, 6.45) is 4.51. The summed E-state index contributed by atoms with van der Waals surface area (Å²) in [6.45, 7) is 12.0. The largest absolute Gasteiger partial charge is 0.346 e. The van der Waals surface area contributed by atoms with E-state index in [1.165, 1.54) is 0 Å². The van der Waals surface area contributed by atoms with E-state index in [4.69, 9.17) is 11.6 Å². The van der Waals surface area contributed by atoms with Crippen molar-refractivity contribution in [2.24, 2.45) is 5.41 Å². The van der Waals surface area contributed by atoms with E-state index in [0.29, 0.717) is 17.6 Å². The SMILES string of the molecule is Cc1cc(C)cc(-c2[nH]c3sc(C(C)(C)C(=O)N4C5CCC4CC5)cc3c2C(=O)C(C)(C)CCl)c1. The summed E-state index contributed by atoms with van der Waals surface area (Å²) in [5.74, 6) is 0.484. The van der Waals surface area contributed by atoms with Crippen LogP contribution in [0.1, 0.15) is 79.7 Å². The maximum absolute atomic E-state index is 13.9. The maximum Gasteiger partial charge on any atom is 0.233 e. The predicted octanol–water partition coefficient (Wildman–Crippen LogP) is 7.39. The number of hydrogen-bond donors (Lipinski definition) is 1. The number of nitrogens with one attached hydrogen (secondary N) is 1. The first-order valence-corrected chi connectivity index (χ1v) is 14.0. The number of alkyl halides is 1. The lowest BCUT2D eigenvalue weighted by molar-refractivity contribution is -0.137. The molecule has 1 aromatic carbocycles. The number of carbonyl (C=O) groups excluding carboxylic acids is 2. The Morgan fingerprint density at radius 3 is 2.11 bits per heavy atom. The molecule has 186 valence electrons. The number of H-pyrrole nitrogens is 1. The molecule has 0 saturated carbocycles. The van der Waals surface area contributed by atoms with Gasteiger partial charge in [0.05, 0.1) is 16.7 Å². The van der Waals surface area contributed by atoms with Gasteiger partial charge in [-0.25, -0.2) is 0 Å². The Morgan fingerprint density at radius 2 is 1.57 bits per heavy atom. The van der Waals surface area contributed by atoms with Gasteiger partial charge in [0.25, 0.3) is 0 Å². The molecule has 1 N–H and O–H groups in total. The van der Waals surface area contributed by atoms with Gasteiger partial charge in [-0.2, -0.15) is 0 Å². The molecule has 0 radical (unpaired) electrons. The summed E-state index contributed by atoms with van der Waals surface area (Å²) in [6, 6.07) is 9.24. The number of rotatable bonds is 6. The van der Waals surface area contributed by atoms with E-state index in [9.17, 15) is 9.59 Å². The summed E-state index contributed by atoms with van der Waals surface area (Å²) in [5.41, 5.74) is 3.49. The monoisotopic (exact) mass is 510 g/mol. The van der Waals surface area contributed by atoms with E-state index in [1.54, 1.807) is 11.3 Å². The highest BCUT2D eigenvalue weighted by Crippen LogP contribution is 2.45. The highest BCUT2D eigenvalue weighted by molar-refractivity contribution is 7.19. The number of fused-ring (bicyclic) bond motifs is 3. The molecule has 2 bridgehead atoms. The predicted molar refractivity (Wildman–Crippen MR) is 146 cm³/mol. The Labute approximate surface area is 217 Å². The molecule has 0 aliphatic carbocycles. The molecule has 0 atom stereocenters. The second kappa shape index (κ2) is 8.48. The Morgan fingerprint density at radius 1 is 1.00 bits per heavy atom. The molecular weight excluding hydrogens is 476 g/mol. The Kier molecular flexibility index (Phi) is 5.96. The van der Waals surface area contributed by atoms with Crippen LogP contribution in [0, 0.1) is 19.3 Å². The zero-order chi connectivity index (χ0) is 25.3. The van der Waals surface area contributed by atoms with Crippen LogP contribution in [-0.4, -0.2) is 39.5 Å². The number of amides is 1. The number of aromatic nitrogens is 1. The molecule has 2 aliphatic heterocycles. The van der Waals surface area contributed by atoms with Gasteiger partial charge in [-0.15, -0.1) is 22.9 Å². The molecular formula is C29H35ClN2O2S. The van der Waals surface area contributed by atoms with Crippen LogP contribution in [-0.2, 0) is 10.2 Å². The molecule has 2 saturated heterocycles. The molecule has 4 nitrogen and oxygen atoms in total. The van der Waals surface area contributed by atoms with Crippen molar-refractivity contribution in [1.29, 1.82) is 0 Å². The van der Waals surface area contributed by atoms with Crippen molar-refractivity contribution in [2.45, 2.75) is 84.7 Å². The third-order valence-electron chi connectivity index (χ3n) is 8.01. The van der Waals surface area contributed by atoms with Crippen LogP contribution < -0.4 is 0 Å². The Balaban J connectivity index is 1.63. The molecule has 2 fully saturated rings. The van der Waals surface area contributed by atoms with Gasteiger partial charge in [-0.05, 0) is 77.1 Å². The number of aryl methyl sites for hydroxylation is 2. The lowest BCUT2D eigenvalue weighted by Crippen LogP contribution is -2.45. The second-order valence-electron chi connectivity index (χ2n) is 11.8. The van der Waals surface area contributed by atoms with Crippen molar-refractivity contribution in [1.82, 2.24) is 9.88 Å². The van der Waals surface area contributed by atoms with E-state index in [-0.39, 0.29) is 17.6 Å². The van der Waals surface area contributed by atoms with Gasteiger partial charge in [-0.3, -0.25) is 9.59 Å². The summed E-state index contributed by atoms with van der Waals surface area (Å²) >= 11 is 7.85. The fourth-order valence-corrected chi connectivity index (χ4v) is 7.22. The summed E-state index contributed by atoms with van der Waals surface area (Å²) in [5, 5.41) is 0.896. The standard InChI is InChI=1S/C29H35ClN2O2S/c1-16-11-17(2)13-18(12-16)24-23(25(33)28(3,4)15-30)21-14-22(35-26(21)31-24)29(5,6)27(34)32-19-7-8-20(32)10-9-19/h11-14,19-20,31H,7-10,15H2,1-6H3. The van der Waals surface area contributed by atoms with Crippen LogP contribution >= 0.6 is 22.9 Å². The smallest absolute Gasteiger partial charge is 0.233 e. The fourth-order valence-electron chi connectivity index (χ4n) is 5.93. The van der Waals surface area contributed by atoms with Gasteiger partial charge in [0.1, 0.15) is 4.83 Å².